The first-order valence-electron chi connectivity index (χ1n) is 10.2. The van der Waals surface area contributed by atoms with E-state index in [4.69, 9.17) is 11.5 Å². The molecule has 3 heterocycles. The molecule has 0 aliphatic rings. The van der Waals surface area contributed by atoms with Crippen molar-refractivity contribution in [2.45, 2.75) is 26.7 Å². The van der Waals surface area contributed by atoms with Gasteiger partial charge in [-0.05, 0) is 75.2 Å². The summed E-state index contributed by atoms with van der Waals surface area (Å²) in [5.41, 5.74) is 14.1. The normalized spacial score (nSPS) is 11.4. The van der Waals surface area contributed by atoms with Crippen molar-refractivity contribution in [2.24, 2.45) is 11.5 Å². The van der Waals surface area contributed by atoms with Crippen LogP contribution in [0.2, 0.25) is 0 Å². The first-order chi connectivity index (χ1) is 14.1. The van der Waals surface area contributed by atoms with Crippen molar-refractivity contribution < 1.29 is 0 Å². The van der Waals surface area contributed by atoms with E-state index < -0.39 is 0 Å². The summed E-state index contributed by atoms with van der Waals surface area (Å²) in [6, 6.07) is 9.28. The molecule has 3 aromatic heterocycles. The molecule has 0 saturated carbocycles. The van der Waals surface area contributed by atoms with Crippen LogP contribution in [0.3, 0.4) is 0 Å². The molecule has 0 spiro atoms. The Hall–Kier alpha value is -1.06. The zero-order valence-corrected chi connectivity index (χ0v) is 19.8. The number of rotatable bonds is 12. The van der Waals surface area contributed by atoms with Crippen LogP contribution < -0.4 is 22.1 Å². The Labute approximate surface area is 186 Å². The summed E-state index contributed by atoms with van der Waals surface area (Å²) in [4.78, 5) is 8.36. The van der Waals surface area contributed by atoms with Gasteiger partial charge in [0.05, 0.1) is 0 Å². The summed E-state index contributed by atoms with van der Waals surface area (Å²) in [5, 5.41) is 6.82. The molecule has 6 N–H and O–H groups in total. The van der Waals surface area contributed by atoms with Crippen LogP contribution in [-0.4, -0.2) is 39.3 Å². The number of hydrogen-bond donors (Lipinski definition) is 4. The molecule has 0 radical (unpaired) electrons. The molecule has 3 aromatic rings. The average Bonchev–Trinajstić information content (AvgIpc) is 3.40. The standard InChI is InChI=1S/C22H32N4S3/c1-15-13-17(5-9-25-11-7-23)21(27-15)19-3-4-20(29-19)22-18(14-16(2)28-22)6-10-26-12-8-24/h3-4,13-14,25-26H,5-12,23-24H2,1-2H3. The van der Waals surface area contributed by atoms with E-state index in [0.29, 0.717) is 13.1 Å². The molecule has 0 fully saturated rings. The average molecular weight is 449 g/mol. The fourth-order valence-corrected chi connectivity index (χ4v) is 6.83. The minimum Gasteiger partial charge on any atom is -0.329 e. The third kappa shape index (κ3) is 6.21. The maximum atomic E-state index is 5.58. The molecule has 29 heavy (non-hydrogen) atoms. The lowest BCUT2D eigenvalue weighted by Gasteiger charge is -2.04. The number of nitrogens with two attached hydrogens (primary N) is 2. The quantitative estimate of drug-likeness (QED) is 0.316. The van der Waals surface area contributed by atoms with Crippen LogP contribution in [0.15, 0.2) is 24.3 Å². The molecule has 0 aromatic carbocycles. The predicted octanol–water partition coefficient (Wildman–Crippen LogP) is 4.00. The summed E-state index contributed by atoms with van der Waals surface area (Å²) in [5.74, 6) is 0. The number of thiophene rings is 3. The highest BCUT2D eigenvalue weighted by molar-refractivity contribution is 7.26. The van der Waals surface area contributed by atoms with Gasteiger partial charge in [-0.1, -0.05) is 0 Å². The second kappa shape index (κ2) is 11.4. The zero-order valence-electron chi connectivity index (χ0n) is 17.3. The Bertz CT molecular complexity index is 823. The highest BCUT2D eigenvalue weighted by Gasteiger charge is 2.15. The van der Waals surface area contributed by atoms with Gasteiger partial charge in [0.15, 0.2) is 0 Å². The minimum absolute atomic E-state index is 0.689. The number of hydrogen-bond acceptors (Lipinski definition) is 7. The van der Waals surface area contributed by atoms with E-state index in [9.17, 15) is 0 Å². The summed E-state index contributed by atoms with van der Waals surface area (Å²) in [6.45, 7) is 9.49. The Kier molecular flexibility index (Phi) is 8.86. The Morgan fingerprint density at radius 1 is 0.690 bits per heavy atom. The van der Waals surface area contributed by atoms with E-state index in [1.54, 1.807) is 0 Å². The van der Waals surface area contributed by atoms with Crippen molar-refractivity contribution in [3.63, 3.8) is 0 Å². The first kappa shape index (κ1) is 22.6. The van der Waals surface area contributed by atoms with Crippen molar-refractivity contribution in [2.75, 3.05) is 39.3 Å². The van der Waals surface area contributed by atoms with Crippen LogP contribution in [0.4, 0.5) is 0 Å². The monoisotopic (exact) mass is 448 g/mol. The molecule has 7 heteroatoms. The first-order valence-corrected chi connectivity index (χ1v) is 12.7. The van der Waals surface area contributed by atoms with Gasteiger partial charge in [0.25, 0.3) is 0 Å². The fraction of sp³-hybridized carbons (Fsp3) is 0.455. The number of aryl methyl sites for hydroxylation is 2. The zero-order chi connectivity index (χ0) is 20.6. The van der Waals surface area contributed by atoms with Gasteiger partial charge < -0.3 is 22.1 Å². The van der Waals surface area contributed by atoms with Gasteiger partial charge in [-0.3, -0.25) is 0 Å². The van der Waals surface area contributed by atoms with E-state index in [0.717, 1.165) is 39.0 Å². The van der Waals surface area contributed by atoms with Crippen LogP contribution in [-0.2, 0) is 12.8 Å². The van der Waals surface area contributed by atoms with Crippen LogP contribution in [0.5, 0.6) is 0 Å². The van der Waals surface area contributed by atoms with E-state index in [1.807, 2.05) is 34.0 Å². The maximum Gasteiger partial charge on any atom is 0.0478 e. The Morgan fingerprint density at radius 2 is 1.14 bits per heavy atom. The number of nitrogens with one attached hydrogen (secondary N) is 2. The third-order valence-electron chi connectivity index (χ3n) is 4.70. The molecule has 0 bridgehead atoms. The van der Waals surface area contributed by atoms with Crippen LogP contribution in [0.1, 0.15) is 20.9 Å². The van der Waals surface area contributed by atoms with E-state index in [1.165, 1.54) is 40.4 Å². The molecule has 0 aliphatic heterocycles. The lowest BCUT2D eigenvalue weighted by atomic mass is 10.1. The molecule has 0 amide bonds. The molecule has 4 nitrogen and oxygen atoms in total. The fourth-order valence-electron chi connectivity index (χ4n) is 3.40. The van der Waals surface area contributed by atoms with Gasteiger partial charge in [-0.15, -0.1) is 34.0 Å². The highest BCUT2D eigenvalue weighted by atomic mass is 32.1. The molecule has 0 aliphatic carbocycles. The summed E-state index contributed by atoms with van der Waals surface area (Å²) in [6.07, 6.45) is 2.09. The predicted molar refractivity (Wildman–Crippen MR) is 132 cm³/mol. The SMILES string of the molecule is Cc1cc(CCNCCN)c(-c2ccc(-c3sc(C)cc3CCNCCN)s2)s1. The van der Waals surface area contributed by atoms with Crippen LogP contribution in [0, 0.1) is 13.8 Å². The van der Waals surface area contributed by atoms with E-state index in [2.05, 4.69) is 48.7 Å². The van der Waals surface area contributed by atoms with Crippen molar-refractivity contribution >= 4 is 34.0 Å². The maximum absolute atomic E-state index is 5.58. The molecule has 0 unspecified atom stereocenters. The van der Waals surface area contributed by atoms with Crippen LogP contribution in [0.25, 0.3) is 19.5 Å². The van der Waals surface area contributed by atoms with Crippen molar-refractivity contribution in [3.8, 4) is 19.5 Å². The molecule has 158 valence electrons. The molecular formula is C22H32N4S3. The molecular weight excluding hydrogens is 416 g/mol. The lowest BCUT2D eigenvalue weighted by molar-refractivity contribution is 0.690. The van der Waals surface area contributed by atoms with Crippen molar-refractivity contribution in [3.05, 3.63) is 45.1 Å². The van der Waals surface area contributed by atoms with Crippen molar-refractivity contribution in [1.82, 2.24) is 10.6 Å². The largest absolute Gasteiger partial charge is 0.329 e. The van der Waals surface area contributed by atoms with Gasteiger partial charge in [-0.2, -0.15) is 0 Å². The van der Waals surface area contributed by atoms with Gasteiger partial charge in [0, 0.05) is 55.4 Å². The van der Waals surface area contributed by atoms with Gasteiger partial charge in [0.2, 0.25) is 0 Å². The van der Waals surface area contributed by atoms with Gasteiger partial charge in [-0.25, -0.2) is 0 Å². The van der Waals surface area contributed by atoms with E-state index in [-0.39, 0.29) is 0 Å². The molecule has 0 atom stereocenters. The van der Waals surface area contributed by atoms with Gasteiger partial charge >= 0.3 is 0 Å². The summed E-state index contributed by atoms with van der Waals surface area (Å²) in [7, 11) is 0. The highest BCUT2D eigenvalue weighted by Crippen LogP contribution is 2.43. The summed E-state index contributed by atoms with van der Waals surface area (Å²) >= 11 is 5.74. The topological polar surface area (TPSA) is 76.1 Å². The molecule has 0 saturated heterocycles. The van der Waals surface area contributed by atoms with Crippen LogP contribution >= 0.6 is 34.0 Å². The Balaban J connectivity index is 1.76. The Morgan fingerprint density at radius 3 is 1.55 bits per heavy atom. The second-order valence-corrected chi connectivity index (χ2v) is 10.8. The molecule has 3 rings (SSSR count). The smallest absolute Gasteiger partial charge is 0.0478 e. The minimum atomic E-state index is 0.689. The summed E-state index contributed by atoms with van der Waals surface area (Å²) < 4.78 is 0. The van der Waals surface area contributed by atoms with Gasteiger partial charge in [0.1, 0.15) is 0 Å². The van der Waals surface area contributed by atoms with E-state index >= 15 is 0 Å². The lowest BCUT2D eigenvalue weighted by Crippen LogP contribution is -2.24. The third-order valence-corrected chi connectivity index (χ3v) is 8.33. The second-order valence-electron chi connectivity index (χ2n) is 7.16. The van der Waals surface area contributed by atoms with Crippen molar-refractivity contribution in [1.29, 1.82) is 0 Å².